The Morgan fingerprint density at radius 2 is 2.32 bits per heavy atom. The molecule has 1 aliphatic rings. The summed E-state index contributed by atoms with van der Waals surface area (Å²) in [5, 5.41) is 19.5. The van der Waals surface area contributed by atoms with E-state index in [0.29, 0.717) is 25.5 Å². The third kappa shape index (κ3) is 2.83. The van der Waals surface area contributed by atoms with Crippen LogP contribution in [0.1, 0.15) is 18.6 Å². The second kappa shape index (κ2) is 6.23. The number of benzene rings is 1. The van der Waals surface area contributed by atoms with Crippen LogP contribution in [0.15, 0.2) is 18.2 Å². The van der Waals surface area contributed by atoms with E-state index in [4.69, 9.17) is 9.47 Å². The second-order valence-corrected chi connectivity index (χ2v) is 4.67. The van der Waals surface area contributed by atoms with Gasteiger partial charge < -0.3 is 24.6 Å². The van der Waals surface area contributed by atoms with Crippen molar-refractivity contribution in [1.29, 1.82) is 0 Å². The highest BCUT2D eigenvalue weighted by Gasteiger charge is 2.26. The van der Waals surface area contributed by atoms with Crippen LogP contribution in [0.25, 0.3) is 0 Å². The number of ether oxygens (including phenoxy) is 2. The quantitative estimate of drug-likeness (QED) is 0.850. The van der Waals surface area contributed by atoms with Crippen molar-refractivity contribution < 1.29 is 19.7 Å². The van der Waals surface area contributed by atoms with E-state index in [9.17, 15) is 10.2 Å². The number of nitrogens with zero attached hydrogens (tertiary/aromatic N) is 1. The molecule has 1 fully saturated rings. The van der Waals surface area contributed by atoms with Crippen LogP contribution in [0.2, 0.25) is 0 Å². The molecule has 2 atom stereocenters. The lowest BCUT2D eigenvalue weighted by molar-refractivity contribution is 0.0722. The summed E-state index contributed by atoms with van der Waals surface area (Å²) in [7, 11) is 1.59. The van der Waals surface area contributed by atoms with Gasteiger partial charge in [0, 0.05) is 17.8 Å². The summed E-state index contributed by atoms with van der Waals surface area (Å²) < 4.78 is 10.7. The van der Waals surface area contributed by atoms with E-state index in [1.165, 1.54) is 0 Å². The van der Waals surface area contributed by atoms with Crippen molar-refractivity contribution in [3.63, 3.8) is 0 Å². The lowest BCUT2D eigenvalue weighted by Crippen LogP contribution is -2.48. The maximum atomic E-state index is 10.0. The number of hydrogen-bond acceptors (Lipinski definition) is 5. The number of aliphatic hydroxyl groups excluding tert-OH is 2. The Hall–Kier alpha value is -1.30. The Labute approximate surface area is 113 Å². The van der Waals surface area contributed by atoms with Crippen LogP contribution in [0.5, 0.6) is 5.75 Å². The minimum absolute atomic E-state index is 0.0243. The standard InChI is InChI=1S/C14H21NO4/c1-10(17)14-12(4-3-5-13(14)18-2)15-6-7-19-9-11(15)8-16/h3-5,10-11,16-17H,6-9H2,1-2H3. The van der Waals surface area contributed by atoms with Gasteiger partial charge in [0.05, 0.1) is 39.1 Å². The van der Waals surface area contributed by atoms with Gasteiger partial charge in [-0.25, -0.2) is 0 Å². The number of hydrogen-bond donors (Lipinski definition) is 2. The Morgan fingerprint density at radius 3 is 2.95 bits per heavy atom. The van der Waals surface area contributed by atoms with Crippen molar-refractivity contribution in [3.05, 3.63) is 23.8 Å². The fourth-order valence-corrected chi connectivity index (χ4v) is 2.50. The molecule has 1 aromatic carbocycles. The van der Waals surface area contributed by atoms with Crippen molar-refractivity contribution in [2.75, 3.05) is 38.4 Å². The maximum Gasteiger partial charge on any atom is 0.126 e. The SMILES string of the molecule is COc1cccc(N2CCOCC2CO)c1C(C)O. The van der Waals surface area contributed by atoms with E-state index in [2.05, 4.69) is 4.90 Å². The topological polar surface area (TPSA) is 62.2 Å². The molecule has 0 amide bonds. The van der Waals surface area contributed by atoms with Crippen LogP contribution < -0.4 is 9.64 Å². The summed E-state index contributed by atoms with van der Waals surface area (Å²) in [6, 6.07) is 5.58. The van der Waals surface area contributed by atoms with Gasteiger partial charge in [-0.1, -0.05) is 6.07 Å². The second-order valence-electron chi connectivity index (χ2n) is 4.67. The monoisotopic (exact) mass is 267 g/mol. The average Bonchev–Trinajstić information content (AvgIpc) is 2.46. The van der Waals surface area contributed by atoms with Crippen molar-refractivity contribution in [2.24, 2.45) is 0 Å². The third-order valence-electron chi connectivity index (χ3n) is 3.43. The molecule has 1 aliphatic heterocycles. The largest absolute Gasteiger partial charge is 0.496 e. The molecule has 5 heteroatoms. The van der Waals surface area contributed by atoms with Crippen molar-refractivity contribution in [2.45, 2.75) is 19.1 Å². The van der Waals surface area contributed by atoms with Crippen LogP contribution >= 0.6 is 0 Å². The molecule has 5 nitrogen and oxygen atoms in total. The lowest BCUT2D eigenvalue weighted by atomic mass is 10.0. The molecule has 1 heterocycles. The predicted molar refractivity (Wildman–Crippen MR) is 72.7 cm³/mol. The summed E-state index contributed by atoms with van der Waals surface area (Å²) in [4.78, 5) is 2.08. The fourth-order valence-electron chi connectivity index (χ4n) is 2.50. The first-order valence-corrected chi connectivity index (χ1v) is 6.49. The highest BCUT2D eigenvalue weighted by atomic mass is 16.5. The van der Waals surface area contributed by atoms with Crippen LogP contribution in [0.4, 0.5) is 5.69 Å². The Bertz CT molecular complexity index is 422. The van der Waals surface area contributed by atoms with Crippen LogP contribution in [-0.2, 0) is 4.74 Å². The van der Waals surface area contributed by atoms with E-state index >= 15 is 0 Å². The van der Waals surface area contributed by atoms with Gasteiger partial charge in [0.1, 0.15) is 5.75 Å². The molecule has 2 N–H and O–H groups in total. The first kappa shape index (κ1) is 14.1. The van der Waals surface area contributed by atoms with E-state index in [0.717, 1.165) is 11.3 Å². The van der Waals surface area contributed by atoms with Gasteiger partial charge in [-0.05, 0) is 19.1 Å². The average molecular weight is 267 g/mol. The first-order chi connectivity index (χ1) is 9.19. The first-order valence-electron chi connectivity index (χ1n) is 6.49. The molecule has 0 aromatic heterocycles. The highest BCUT2D eigenvalue weighted by Crippen LogP contribution is 2.35. The summed E-state index contributed by atoms with van der Waals surface area (Å²) in [6.07, 6.45) is -0.631. The van der Waals surface area contributed by atoms with Crippen molar-refractivity contribution >= 4 is 5.69 Å². The van der Waals surface area contributed by atoms with E-state index in [1.54, 1.807) is 14.0 Å². The van der Waals surface area contributed by atoms with Crippen LogP contribution in [0, 0.1) is 0 Å². The van der Waals surface area contributed by atoms with Gasteiger partial charge in [-0.3, -0.25) is 0 Å². The minimum atomic E-state index is -0.631. The zero-order valence-electron chi connectivity index (χ0n) is 11.4. The highest BCUT2D eigenvalue weighted by molar-refractivity contribution is 5.61. The van der Waals surface area contributed by atoms with Gasteiger partial charge in [0.2, 0.25) is 0 Å². The molecule has 0 aliphatic carbocycles. The van der Waals surface area contributed by atoms with Crippen LogP contribution in [-0.4, -0.2) is 49.7 Å². The molecular weight excluding hydrogens is 246 g/mol. The molecule has 19 heavy (non-hydrogen) atoms. The molecule has 106 valence electrons. The van der Waals surface area contributed by atoms with Crippen molar-refractivity contribution in [3.8, 4) is 5.75 Å². The number of aliphatic hydroxyl groups is 2. The number of methoxy groups -OCH3 is 1. The van der Waals surface area contributed by atoms with Gasteiger partial charge in [-0.2, -0.15) is 0 Å². The zero-order valence-corrected chi connectivity index (χ0v) is 11.4. The summed E-state index contributed by atoms with van der Waals surface area (Å²) in [6.45, 7) is 3.55. The molecule has 1 saturated heterocycles. The van der Waals surface area contributed by atoms with Gasteiger partial charge in [0.15, 0.2) is 0 Å². The third-order valence-corrected chi connectivity index (χ3v) is 3.43. The molecule has 1 aromatic rings. The molecule has 2 unspecified atom stereocenters. The molecule has 0 radical (unpaired) electrons. The van der Waals surface area contributed by atoms with Gasteiger partial charge >= 0.3 is 0 Å². The number of morpholine rings is 1. The fraction of sp³-hybridized carbons (Fsp3) is 0.571. The summed E-state index contributed by atoms with van der Waals surface area (Å²) in [5.41, 5.74) is 1.65. The van der Waals surface area contributed by atoms with E-state index in [-0.39, 0.29) is 12.6 Å². The van der Waals surface area contributed by atoms with E-state index in [1.807, 2.05) is 18.2 Å². The zero-order chi connectivity index (χ0) is 13.8. The molecule has 2 rings (SSSR count). The van der Waals surface area contributed by atoms with Crippen LogP contribution in [0.3, 0.4) is 0 Å². The summed E-state index contributed by atoms with van der Waals surface area (Å²) >= 11 is 0. The molecule has 0 bridgehead atoms. The Kier molecular flexibility index (Phi) is 4.63. The normalized spacial score (nSPS) is 21.3. The lowest BCUT2D eigenvalue weighted by Gasteiger charge is -2.38. The predicted octanol–water partition coefficient (Wildman–Crippen LogP) is 0.946. The molecule has 0 saturated carbocycles. The van der Waals surface area contributed by atoms with Gasteiger partial charge in [0.25, 0.3) is 0 Å². The maximum absolute atomic E-state index is 10.0. The molecule has 0 spiro atoms. The smallest absolute Gasteiger partial charge is 0.126 e. The van der Waals surface area contributed by atoms with Crippen molar-refractivity contribution in [1.82, 2.24) is 0 Å². The Morgan fingerprint density at radius 1 is 1.53 bits per heavy atom. The Balaban J connectivity index is 2.42. The minimum Gasteiger partial charge on any atom is -0.496 e. The number of rotatable bonds is 4. The molecular formula is C14H21NO4. The van der Waals surface area contributed by atoms with Gasteiger partial charge in [-0.15, -0.1) is 0 Å². The number of anilines is 1. The van der Waals surface area contributed by atoms with E-state index < -0.39 is 6.10 Å². The summed E-state index contributed by atoms with van der Waals surface area (Å²) in [5.74, 6) is 0.663.